The van der Waals surface area contributed by atoms with Crippen molar-refractivity contribution < 1.29 is 9.53 Å². The average Bonchev–Trinajstić information content (AvgIpc) is 3.14. The van der Waals surface area contributed by atoms with Gasteiger partial charge in [0.2, 0.25) is 5.91 Å². The predicted octanol–water partition coefficient (Wildman–Crippen LogP) is 2.30. The molecule has 2 aromatic rings. The standard InChI is InChI=1S/C17H22N4O2S/c1-13(16(22)19-17-18-7-12-24-17)20-8-10-21(11-9-20)14-5-3-4-6-15(14)23-2/h3-7,12-13H,8-11H2,1-2H3,(H,18,19,22)/t13-/m1/s1. The SMILES string of the molecule is COc1ccccc1N1CCN([C@H](C)C(=O)Nc2nccs2)CC1. The second-order valence-electron chi connectivity index (χ2n) is 5.70. The molecule has 1 aromatic carbocycles. The molecule has 1 amide bonds. The van der Waals surface area contributed by atoms with Gasteiger partial charge >= 0.3 is 0 Å². The number of piperazine rings is 1. The quantitative estimate of drug-likeness (QED) is 0.900. The molecular formula is C17H22N4O2S. The monoisotopic (exact) mass is 346 g/mol. The van der Waals surface area contributed by atoms with E-state index in [4.69, 9.17) is 4.74 Å². The zero-order valence-corrected chi connectivity index (χ0v) is 14.8. The van der Waals surface area contributed by atoms with Crippen LogP contribution in [0.25, 0.3) is 0 Å². The van der Waals surface area contributed by atoms with Crippen LogP contribution in [-0.2, 0) is 4.79 Å². The molecule has 1 aromatic heterocycles. The fraction of sp³-hybridized carbons (Fsp3) is 0.412. The van der Waals surface area contributed by atoms with E-state index in [0.29, 0.717) is 5.13 Å². The van der Waals surface area contributed by atoms with Gasteiger partial charge in [0.25, 0.3) is 0 Å². The van der Waals surface area contributed by atoms with Crippen molar-refractivity contribution in [1.82, 2.24) is 9.88 Å². The van der Waals surface area contributed by atoms with E-state index in [9.17, 15) is 4.79 Å². The maximum absolute atomic E-state index is 12.3. The Labute approximate surface area is 146 Å². The molecule has 1 saturated heterocycles. The molecule has 1 atom stereocenters. The first-order valence-electron chi connectivity index (χ1n) is 8.01. The highest BCUT2D eigenvalue weighted by atomic mass is 32.1. The van der Waals surface area contributed by atoms with Gasteiger partial charge in [0.15, 0.2) is 5.13 Å². The lowest BCUT2D eigenvalue weighted by Crippen LogP contribution is -2.52. The van der Waals surface area contributed by atoms with Crippen LogP contribution in [-0.4, -0.2) is 55.1 Å². The zero-order valence-electron chi connectivity index (χ0n) is 13.9. The first-order valence-corrected chi connectivity index (χ1v) is 8.89. The molecule has 0 aliphatic carbocycles. The van der Waals surface area contributed by atoms with Gasteiger partial charge in [-0.05, 0) is 19.1 Å². The van der Waals surface area contributed by atoms with Crippen molar-refractivity contribution in [3.8, 4) is 5.75 Å². The summed E-state index contributed by atoms with van der Waals surface area (Å²) in [5.41, 5.74) is 1.11. The minimum atomic E-state index is -0.172. The molecule has 1 fully saturated rings. The van der Waals surface area contributed by atoms with Crippen LogP contribution in [0.3, 0.4) is 0 Å². The summed E-state index contributed by atoms with van der Waals surface area (Å²) in [4.78, 5) is 21.0. The first-order chi connectivity index (χ1) is 11.7. The van der Waals surface area contributed by atoms with Crippen LogP contribution in [0.1, 0.15) is 6.92 Å². The Kier molecular flexibility index (Phi) is 5.32. The van der Waals surface area contributed by atoms with Crippen molar-refractivity contribution in [3.63, 3.8) is 0 Å². The lowest BCUT2D eigenvalue weighted by Gasteiger charge is -2.38. The molecule has 1 aliphatic heterocycles. The van der Waals surface area contributed by atoms with Gasteiger partial charge in [0.05, 0.1) is 18.8 Å². The molecular weight excluding hydrogens is 324 g/mol. The number of carbonyl (C=O) groups is 1. The smallest absolute Gasteiger partial charge is 0.243 e. The number of thiazole rings is 1. The third-order valence-corrected chi connectivity index (χ3v) is 5.02. The predicted molar refractivity (Wildman–Crippen MR) is 97.0 cm³/mol. The molecule has 1 N–H and O–H groups in total. The van der Waals surface area contributed by atoms with Crippen molar-refractivity contribution in [2.24, 2.45) is 0 Å². The number of amides is 1. The Morgan fingerprint density at radius 1 is 1.29 bits per heavy atom. The number of para-hydroxylation sites is 2. The molecule has 0 saturated carbocycles. The number of methoxy groups -OCH3 is 1. The Balaban J connectivity index is 1.57. The molecule has 0 spiro atoms. The van der Waals surface area contributed by atoms with Crippen LogP contribution in [0.5, 0.6) is 5.75 Å². The number of hydrogen-bond donors (Lipinski definition) is 1. The Bertz CT molecular complexity index is 669. The van der Waals surface area contributed by atoms with E-state index < -0.39 is 0 Å². The van der Waals surface area contributed by atoms with Crippen LogP contribution in [0, 0.1) is 0 Å². The summed E-state index contributed by atoms with van der Waals surface area (Å²) in [5.74, 6) is 0.885. The minimum Gasteiger partial charge on any atom is -0.495 e. The third-order valence-electron chi connectivity index (χ3n) is 4.33. The topological polar surface area (TPSA) is 57.7 Å². The highest BCUT2D eigenvalue weighted by molar-refractivity contribution is 7.13. The summed E-state index contributed by atoms with van der Waals surface area (Å²) in [6.07, 6.45) is 1.69. The van der Waals surface area contributed by atoms with Gasteiger partial charge in [-0.1, -0.05) is 12.1 Å². The summed E-state index contributed by atoms with van der Waals surface area (Å²) in [7, 11) is 1.69. The van der Waals surface area contributed by atoms with Gasteiger partial charge in [-0.15, -0.1) is 11.3 Å². The van der Waals surface area contributed by atoms with E-state index in [1.165, 1.54) is 11.3 Å². The number of nitrogens with one attached hydrogen (secondary N) is 1. The van der Waals surface area contributed by atoms with Gasteiger partial charge in [0.1, 0.15) is 5.75 Å². The number of carbonyl (C=O) groups excluding carboxylic acids is 1. The number of benzene rings is 1. The van der Waals surface area contributed by atoms with Crippen molar-refractivity contribution in [2.45, 2.75) is 13.0 Å². The summed E-state index contributed by atoms with van der Waals surface area (Å²) in [5, 5.41) is 5.38. The third kappa shape index (κ3) is 3.68. The van der Waals surface area contributed by atoms with Gasteiger partial charge in [0, 0.05) is 37.8 Å². The normalized spacial score (nSPS) is 16.7. The zero-order chi connectivity index (χ0) is 16.9. The number of anilines is 2. The maximum atomic E-state index is 12.3. The summed E-state index contributed by atoms with van der Waals surface area (Å²) in [6.45, 7) is 5.36. The van der Waals surface area contributed by atoms with Gasteiger partial charge in [-0.25, -0.2) is 4.98 Å². The molecule has 6 nitrogen and oxygen atoms in total. The number of nitrogens with zero attached hydrogens (tertiary/aromatic N) is 3. The molecule has 0 bridgehead atoms. The fourth-order valence-corrected chi connectivity index (χ4v) is 3.43. The van der Waals surface area contributed by atoms with Crippen molar-refractivity contribution in [2.75, 3.05) is 43.5 Å². The van der Waals surface area contributed by atoms with Gasteiger partial charge in [-0.2, -0.15) is 0 Å². The summed E-state index contributed by atoms with van der Waals surface area (Å²) >= 11 is 1.43. The van der Waals surface area contributed by atoms with Crippen molar-refractivity contribution in [3.05, 3.63) is 35.8 Å². The molecule has 2 heterocycles. The Morgan fingerprint density at radius 2 is 2.04 bits per heavy atom. The molecule has 0 unspecified atom stereocenters. The van der Waals surface area contributed by atoms with Crippen LogP contribution >= 0.6 is 11.3 Å². The van der Waals surface area contributed by atoms with E-state index >= 15 is 0 Å². The van der Waals surface area contributed by atoms with E-state index in [1.807, 2.05) is 30.5 Å². The maximum Gasteiger partial charge on any atom is 0.243 e. The Hall–Kier alpha value is -2.12. The van der Waals surface area contributed by atoms with E-state index in [2.05, 4.69) is 26.2 Å². The average molecular weight is 346 g/mol. The largest absolute Gasteiger partial charge is 0.495 e. The van der Waals surface area contributed by atoms with Gasteiger partial charge in [-0.3, -0.25) is 9.69 Å². The molecule has 0 radical (unpaired) electrons. The Morgan fingerprint density at radius 3 is 2.71 bits per heavy atom. The number of ether oxygens (including phenoxy) is 1. The van der Waals surface area contributed by atoms with Crippen LogP contribution in [0.4, 0.5) is 10.8 Å². The molecule has 1 aliphatic rings. The lowest BCUT2D eigenvalue weighted by molar-refractivity contribution is -0.120. The minimum absolute atomic E-state index is 0.00399. The highest BCUT2D eigenvalue weighted by Crippen LogP contribution is 2.28. The van der Waals surface area contributed by atoms with Crippen LogP contribution in [0.2, 0.25) is 0 Å². The second-order valence-corrected chi connectivity index (χ2v) is 6.59. The number of aromatic nitrogens is 1. The number of rotatable bonds is 5. The van der Waals surface area contributed by atoms with Gasteiger partial charge < -0.3 is 15.0 Å². The lowest BCUT2D eigenvalue weighted by atomic mass is 10.2. The van der Waals surface area contributed by atoms with E-state index in [1.54, 1.807) is 13.3 Å². The summed E-state index contributed by atoms with van der Waals surface area (Å²) in [6, 6.07) is 7.88. The number of hydrogen-bond acceptors (Lipinski definition) is 6. The second kappa shape index (κ2) is 7.63. The molecule has 7 heteroatoms. The molecule has 24 heavy (non-hydrogen) atoms. The van der Waals surface area contributed by atoms with Crippen LogP contribution < -0.4 is 15.0 Å². The summed E-state index contributed by atoms with van der Waals surface area (Å²) < 4.78 is 5.44. The highest BCUT2D eigenvalue weighted by Gasteiger charge is 2.26. The fourth-order valence-electron chi connectivity index (χ4n) is 2.90. The van der Waals surface area contributed by atoms with E-state index in [0.717, 1.165) is 37.6 Å². The molecule has 3 rings (SSSR count). The first kappa shape index (κ1) is 16.7. The van der Waals surface area contributed by atoms with E-state index in [-0.39, 0.29) is 11.9 Å². The molecule has 128 valence electrons. The van der Waals surface area contributed by atoms with Crippen molar-refractivity contribution in [1.29, 1.82) is 0 Å². The van der Waals surface area contributed by atoms with Crippen LogP contribution in [0.15, 0.2) is 35.8 Å². The van der Waals surface area contributed by atoms with Crippen molar-refractivity contribution >= 4 is 28.1 Å².